The molecule has 0 nitrogen and oxygen atoms in total. The highest BCUT2D eigenvalue weighted by Gasteiger charge is 2.01. The Balaban J connectivity index is 3.78. The Morgan fingerprint density at radius 2 is 1.89 bits per heavy atom. The van der Waals surface area contributed by atoms with Gasteiger partial charge in [0.2, 0.25) is 0 Å². The summed E-state index contributed by atoms with van der Waals surface area (Å²) in [6, 6.07) is 0. The average molecular weight is 155 g/mol. The third-order valence-electron chi connectivity index (χ3n) is 0.881. The molecule has 0 aromatic rings. The van der Waals surface area contributed by atoms with E-state index < -0.39 is 11.7 Å². The fourth-order valence-electron chi connectivity index (χ4n) is 0.428. The van der Waals surface area contributed by atoms with Gasteiger partial charge in [-0.2, -0.15) is 0 Å². The van der Waals surface area contributed by atoms with Crippen LogP contribution in [0, 0.1) is 0 Å². The van der Waals surface area contributed by atoms with Crippen LogP contribution in [0.3, 0.4) is 0 Å². The highest BCUT2D eigenvalue weighted by molar-refractivity contribution is 6.19. The summed E-state index contributed by atoms with van der Waals surface area (Å²) in [6.07, 6.45) is 0.759. The van der Waals surface area contributed by atoms with Gasteiger partial charge in [-0.1, -0.05) is 6.92 Å². The van der Waals surface area contributed by atoms with Crippen LogP contribution in [-0.2, 0) is 0 Å². The van der Waals surface area contributed by atoms with Crippen molar-refractivity contribution in [1.29, 1.82) is 0 Å². The van der Waals surface area contributed by atoms with Gasteiger partial charge in [0, 0.05) is 6.42 Å². The van der Waals surface area contributed by atoms with Crippen LogP contribution < -0.4 is 0 Å². The van der Waals surface area contributed by atoms with E-state index in [2.05, 4.69) is 0 Å². The second-order valence-electron chi connectivity index (χ2n) is 1.69. The molecule has 0 saturated heterocycles. The zero-order chi connectivity index (χ0) is 7.28. The van der Waals surface area contributed by atoms with E-state index in [-0.39, 0.29) is 12.3 Å². The molecule has 0 spiro atoms. The Hall–Kier alpha value is -0.110. The molecular weight excluding hydrogens is 146 g/mol. The molecule has 0 saturated carbocycles. The van der Waals surface area contributed by atoms with Crippen molar-refractivity contribution in [3.63, 3.8) is 0 Å². The number of hydrogen-bond acceptors (Lipinski definition) is 0. The van der Waals surface area contributed by atoms with Gasteiger partial charge in [-0.25, -0.2) is 8.78 Å². The van der Waals surface area contributed by atoms with E-state index in [1.807, 2.05) is 0 Å². The van der Waals surface area contributed by atoms with Crippen molar-refractivity contribution in [3.05, 3.63) is 11.7 Å². The Bertz CT molecular complexity index is 110. The van der Waals surface area contributed by atoms with Gasteiger partial charge in [0.15, 0.2) is 0 Å². The molecule has 0 aliphatic rings. The standard InChI is InChI=1S/C6H9ClF2/c1-2-3-5(8)6(9)4-7/h2-4H2,1H3/b6-5+. The third-order valence-corrected chi connectivity index (χ3v) is 1.12. The molecule has 54 valence electrons. The summed E-state index contributed by atoms with van der Waals surface area (Å²) in [5.74, 6) is -1.91. The van der Waals surface area contributed by atoms with Crippen LogP contribution in [0.4, 0.5) is 8.78 Å². The second-order valence-corrected chi connectivity index (χ2v) is 1.96. The number of halogens is 3. The van der Waals surface area contributed by atoms with Crippen LogP contribution in [-0.4, -0.2) is 5.88 Å². The Kier molecular flexibility index (Phi) is 4.68. The molecule has 0 fully saturated rings. The fraction of sp³-hybridized carbons (Fsp3) is 0.667. The van der Waals surface area contributed by atoms with Crippen LogP contribution in [0.2, 0.25) is 0 Å². The summed E-state index contributed by atoms with van der Waals surface area (Å²) in [6.45, 7) is 1.78. The van der Waals surface area contributed by atoms with Gasteiger partial charge in [0.25, 0.3) is 0 Å². The topological polar surface area (TPSA) is 0 Å². The lowest BCUT2D eigenvalue weighted by atomic mass is 10.3. The second kappa shape index (κ2) is 4.74. The molecule has 0 N–H and O–H groups in total. The van der Waals surface area contributed by atoms with Gasteiger partial charge < -0.3 is 0 Å². The molecule has 0 rings (SSSR count). The van der Waals surface area contributed by atoms with Crippen LogP contribution in [0.15, 0.2) is 11.7 Å². The highest BCUT2D eigenvalue weighted by Crippen LogP contribution is 2.14. The molecule has 0 aliphatic carbocycles. The van der Waals surface area contributed by atoms with E-state index in [9.17, 15) is 8.78 Å². The van der Waals surface area contributed by atoms with Crippen molar-refractivity contribution < 1.29 is 8.78 Å². The first kappa shape index (κ1) is 8.89. The lowest BCUT2D eigenvalue weighted by Crippen LogP contribution is -1.81. The summed E-state index contributed by atoms with van der Waals surface area (Å²) < 4.78 is 24.3. The Morgan fingerprint density at radius 3 is 2.22 bits per heavy atom. The molecule has 3 heteroatoms. The summed E-state index contributed by atoms with van der Waals surface area (Å²) in [5.41, 5.74) is 0. The highest BCUT2D eigenvalue weighted by atomic mass is 35.5. The van der Waals surface area contributed by atoms with Crippen molar-refractivity contribution >= 4 is 11.6 Å². The molecule has 0 heterocycles. The van der Waals surface area contributed by atoms with Gasteiger partial charge in [-0.3, -0.25) is 0 Å². The summed E-state index contributed by atoms with van der Waals surface area (Å²) in [7, 11) is 0. The van der Waals surface area contributed by atoms with Gasteiger partial charge >= 0.3 is 0 Å². The molecule has 0 radical (unpaired) electrons. The maximum absolute atomic E-state index is 12.2. The van der Waals surface area contributed by atoms with Crippen molar-refractivity contribution in [2.45, 2.75) is 19.8 Å². The molecule has 0 atom stereocenters. The van der Waals surface area contributed by atoms with Crippen molar-refractivity contribution in [3.8, 4) is 0 Å². The van der Waals surface area contributed by atoms with Crippen molar-refractivity contribution in [2.24, 2.45) is 0 Å². The molecule has 9 heavy (non-hydrogen) atoms. The minimum Gasteiger partial charge on any atom is -0.209 e. The van der Waals surface area contributed by atoms with Crippen LogP contribution in [0.1, 0.15) is 19.8 Å². The summed E-state index contributed by atoms with van der Waals surface area (Å²) in [5, 5.41) is 0. The van der Waals surface area contributed by atoms with E-state index in [4.69, 9.17) is 11.6 Å². The number of allylic oxidation sites excluding steroid dienone is 2. The first-order valence-electron chi connectivity index (χ1n) is 2.81. The quantitative estimate of drug-likeness (QED) is 0.548. The van der Waals surface area contributed by atoms with E-state index in [1.165, 1.54) is 0 Å². The van der Waals surface area contributed by atoms with Crippen LogP contribution in [0.25, 0.3) is 0 Å². The molecular formula is C6H9ClF2. The molecule has 0 aliphatic heterocycles. The molecule has 0 aromatic heterocycles. The first-order chi connectivity index (χ1) is 4.22. The largest absolute Gasteiger partial charge is 0.209 e. The monoisotopic (exact) mass is 154 g/mol. The van der Waals surface area contributed by atoms with E-state index in [0.29, 0.717) is 6.42 Å². The smallest absolute Gasteiger partial charge is 0.146 e. The SMILES string of the molecule is CCC/C(F)=C(\F)CCl. The van der Waals surface area contributed by atoms with Crippen LogP contribution in [0.5, 0.6) is 0 Å². The zero-order valence-electron chi connectivity index (χ0n) is 5.26. The number of hydrogen-bond donors (Lipinski definition) is 0. The third kappa shape index (κ3) is 3.46. The lowest BCUT2D eigenvalue weighted by molar-refractivity contribution is 0.508. The fourth-order valence-corrected chi connectivity index (χ4v) is 0.573. The van der Waals surface area contributed by atoms with Gasteiger partial charge in [0.1, 0.15) is 11.7 Å². The van der Waals surface area contributed by atoms with E-state index in [1.54, 1.807) is 6.92 Å². The number of rotatable bonds is 3. The molecule has 0 amide bonds. The van der Waals surface area contributed by atoms with Crippen molar-refractivity contribution in [1.82, 2.24) is 0 Å². The molecule has 0 unspecified atom stereocenters. The minimum absolute atomic E-state index is 0.151. The molecule has 0 bridgehead atoms. The predicted octanol–water partition coefficient (Wildman–Crippen LogP) is 3.18. The molecule has 0 aromatic carbocycles. The van der Waals surface area contributed by atoms with Gasteiger partial charge in [-0.05, 0) is 6.42 Å². The van der Waals surface area contributed by atoms with Crippen molar-refractivity contribution in [2.75, 3.05) is 5.88 Å². The van der Waals surface area contributed by atoms with Gasteiger partial charge in [-0.15, -0.1) is 11.6 Å². The first-order valence-corrected chi connectivity index (χ1v) is 3.34. The normalized spacial score (nSPS) is 13.3. The zero-order valence-corrected chi connectivity index (χ0v) is 6.01. The Morgan fingerprint density at radius 1 is 1.33 bits per heavy atom. The van der Waals surface area contributed by atoms with Gasteiger partial charge in [0.05, 0.1) is 5.88 Å². The van der Waals surface area contributed by atoms with Crippen LogP contribution >= 0.6 is 11.6 Å². The van der Waals surface area contributed by atoms with E-state index >= 15 is 0 Å². The maximum atomic E-state index is 12.2. The lowest BCUT2D eigenvalue weighted by Gasteiger charge is -1.92. The number of alkyl halides is 1. The summed E-state index contributed by atoms with van der Waals surface area (Å²) in [4.78, 5) is 0. The summed E-state index contributed by atoms with van der Waals surface area (Å²) >= 11 is 5.01. The Labute approximate surface area is 58.5 Å². The van der Waals surface area contributed by atoms with E-state index in [0.717, 1.165) is 0 Å². The predicted molar refractivity (Wildman–Crippen MR) is 34.9 cm³/mol. The average Bonchev–Trinajstić information content (AvgIpc) is 1.87. The maximum Gasteiger partial charge on any atom is 0.146 e. The minimum atomic E-state index is -0.835.